The molecule has 3 heterocycles. The Morgan fingerprint density at radius 3 is 2.93 bits per heavy atom. The Kier molecular flexibility index (Phi) is 5.62. The van der Waals surface area contributed by atoms with E-state index in [1.807, 2.05) is 42.4 Å². The second-order valence-electron chi connectivity index (χ2n) is 8.10. The molecule has 4 rings (SSSR count). The summed E-state index contributed by atoms with van der Waals surface area (Å²) in [5.74, 6) is 1.03. The van der Waals surface area contributed by atoms with Crippen LogP contribution in [0, 0.1) is 12.3 Å². The fourth-order valence-electron chi connectivity index (χ4n) is 3.82. The van der Waals surface area contributed by atoms with Gasteiger partial charge in [-0.15, -0.1) is 0 Å². The van der Waals surface area contributed by atoms with Crippen molar-refractivity contribution < 1.29 is 9.53 Å². The highest BCUT2D eigenvalue weighted by Crippen LogP contribution is 2.46. The van der Waals surface area contributed by atoms with Gasteiger partial charge in [0, 0.05) is 50.2 Å². The predicted octanol–water partition coefficient (Wildman–Crippen LogP) is 2.76. The summed E-state index contributed by atoms with van der Waals surface area (Å²) in [6, 6.07) is 5.85. The van der Waals surface area contributed by atoms with Gasteiger partial charge < -0.3 is 19.5 Å². The average Bonchev–Trinajstić information content (AvgIpc) is 3.39. The lowest BCUT2D eigenvalue weighted by molar-refractivity contribution is -0.00176. The Hall–Kier alpha value is -2.41. The minimum Gasteiger partial charge on any atom is -0.370 e. The predicted molar refractivity (Wildman–Crippen MR) is 106 cm³/mol. The maximum Gasteiger partial charge on any atom is 0.317 e. The molecule has 7 nitrogen and oxygen atoms in total. The summed E-state index contributed by atoms with van der Waals surface area (Å²) in [5.41, 5.74) is 1.11. The number of rotatable bonds is 7. The molecule has 0 radical (unpaired) electrons. The monoisotopic (exact) mass is 383 g/mol. The minimum atomic E-state index is 0.0276. The number of amides is 2. The lowest BCUT2D eigenvalue weighted by atomic mass is 10.1. The number of hydrogen-bond acceptors (Lipinski definition) is 4. The molecule has 150 valence electrons. The van der Waals surface area contributed by atoms with Gasteiger partial charge in [-0.05, 0) is 44.7 Å². The van der Waals surface area contributed by atoms with Crippen molar-refractivity contribution in [1.82, 2.24) is 24.8 Å². The van der Waals surface area contributed by atoms with Gasteiger partial charge in [-0.1, -0.05) is 6.07 Å². The first-order chi connectivity index (χ1) is 13.6. The lowest BCUT2D eigenvalue weighted by Gasteiger charge is -2.33. The number of aromatic nitrogens is 3. The van der Waals surface area contributed by atoms with E-state index in [-0.39, 0.29) is 17.6 Å². The number of nitrogens with zero attached hydrogens (tertiary/aromatic N) is 4. The topological polar surface area (TPSA) is 72.3 Å². The van der Waals surface area contributed by atoms with E-state index in [0.29, 0.717) is 13.2 Å². The van der Waals surface area contributed by atoms with Crippen molar-refractivity contribution in [3.63, 3.8) is 0 Å². The first kappa shape index (κ1) is 18.9. The number of likely N-dealkylation sites (tertiary alicyclic amines) is 1. The number of aryl methyl sites for hydroxylation is 1. The van der Waals surface area contributed by atoms with Crippen LogP contribution < -0.4 is 5.32 Å². The summed E-state index contributed by atoms with van der Waals surface area (Å²) >= 11 is 0. The molecule has 2 aromatic rings. The molecule has 2 aliphatic rings. The zero-order valence-electron chi connectivity index (χ0n) is 16.5. The zero-order chi connectivity index (χ0) is 19.4. The SMILES string of the molecule is Cc1nccn1CC1(CNC(=O)N2CCC[C@@H](OCc3ccccn3)C2)CC1. The van der Waals surface area contributed by atoms with Crippen LogP contribution in [0.1, 0.15) is 37.2 Å². The van der Waals surface area contributed by atoms with Gasteiger partial charge in [0.05, 0.1) is 18.4 Å². The molecule has 7 heteroatoms. The first-order valence-corrected chi connectivity index (χ1v) is 10.2. The molecule has 0 aromatic carbocycles. The number of urea groups is 1. The van der Waals surface area contributed by atoms with E-state index in [9.17, 15) is 4.79 Å². The van der Waals surface area contributed by atoms with Crippen LogP contribution in [-0.4, -0.2) is 51.2 Å². The van der Waals surface area contributed by atoms with Crippen LogP contribution in [0.15, 0.2) is 36.8 Å². The summed E-state index contributed by atoms with van der Waals surface area (Å²) in [6.07, 6.45) is 9.97. The normalized spacial score (nSPS) is 20.8. The van der Waals surface area contributed by atoms with Gasteiger partial charge >= 0.3 is 6.03 Å². The van der Waals surface area contributed by atoms with E-state index in [1.54, 1.807) is 6.20 Å². The van der Waals surface area contributed by atoms with Crippen LogP contribution >= 0.6 is 0 Å². The number of pyridine rings is 1. The molecule has 2 aromatic heterocycles. The highest BCUT2D eigenvalue weighted by Gasteiger charge is 2.43. The Morgan fingerprint density at radius 1 is 1.32 bits per heavy atom. The standard InChI is InChI=1S/C21H29N5O2/c1-17-22-10-12-26(17)16-21(7-8-21)15-24-20(27)25-11-4-6-19(13-25)28-14-18-5-2-3-9-23-18/h2-3,5,9-10,12,19H,4,6-8,11,13-16H2,1H3,(H,24,27)/t19-/m1/s1. The van der Waals surface area contributed by atoms with Crippen molar-refractivity contribution in [3.05, 3.63) is 48.3 Å². The van der Waals surface area contributed by atoms with Gasteiger partial charge in [-0.2, -0.15) is 0 Å². The summed E-state index contributed by atoms with van der Waals surface area (Å²) in [7, 11) is 0. The molecule has 0 unspecified atom stereocenters. The smallest absolute Gasteiger partial charge is 0.317 e. The highest BCUT2D eigenvalue weighted by atomic mass is 16.5. The zero-order valence-corrected chi connectivity index (χ0v) is 16.5. The Morgan fingerprint density at radius 2 is 2.21 bits per heavy atom. The summed E-state index contributed by atoms with van der Waals surface area (Å²) < 4.78 is 8.18. The van der Waals surface area contributed by atoms with Crippen LogP contribution in [0.25, 0.3) is 0 Å². The van der Waals surface area contributed by atoms with E-state index in [0.717, 1.165) is 56.8 Å². The van der Waals surface area contributed by atoms with E-state index in [4.69, 9.17) is 4.74 Å². The third kappa shape index (κ3) is 4.70. The molecule has 1 saturated carbocycles. The third-order valence-corrected chi connectivity index (χ3v) is 5.86. The Balaban J connectivity index is 1.23. The van der Waals surface area contributed by atoms with Crippen LogP contribution in [0.4, 0.5) is 4.79 Å². The van der Waals surface area contributed by atoms with Gasteiger partial charge in [-0.25, -0.2) is 9.78 Å². The molecule has 1 N–H and O–H groups in total. The van der Waals surface area contributed by atoms with Gasteiger partial charge in [0.25, 0.3) is 0 Å². The second-order valence-corrected chi connectivity index (χ2v) is 8.10. The molecule has 0 spiro atoms. The maximum atomic E-state index is 12.7. The van der Waals surface area contributed by atoms with Crippen LogP contribution in [0.3, 0.4) is 0 Å². The van der Waals surface area contributed by atoms with Crippen LogP contribution in [-0.2, 0) is 17.9 Å². The fourth-order valence-corrected chi connectivity index (χ4v) is 3.82. The van der Waals surface area contributed by atoms with E-state index in [2.05, 4.69) is 19.9 Å². The number of ether oxygens (including phenoxy) is 1. The molecule has 1 atom stereocenters. The lowest BCUT2D eigenvalue weighted by Crippen LogP contribution is -2.49. The van der Waals surface area contributed by atoms with Gasteiger partial charge in [0.2, 0.25) is 0 Å². The molecule has 1 saturated heterocycles. The molecule has 2 amide bonds. The van der Waals surface area contributed by atoms with Crippen LogP contribution in [0.2, 0.25) is 0 Å². The van der Waals surface area contributed by atoms with E-state index >= 15 is 0 Å². The quantitative estimate of drug-likeness (QED) is 0.798. The van der Waals surface area contributed by atoms with Crippen molar-refractivity contribution in [1.29, 1.82) is 0 Å². The molecule has 28 heavy (non-hydrogen) atoms. The van der Waals surface area contributed by atoms with E-state index < -0.39 is 0 Å². The van der Waals surface area contributed by atoms with Crippen LogP contribution in [0.5, 0.6) is 0 Å². The van der Waals surface area contributed by atoms with Gasteiger partial charge in [0.1, 0.15) is 5.82 Å². The number of nitrogens with one attached hydrogen (secondary N) is 1. The third-order valence-electron chi connectivity index (χ3n) is 5.86. The molecular weight excluding hydrogens is 354 g/mol. The Labute approximate surface area is 166 Å². The maximum absolute atomic E-state index is 12.7. The van der Waals surface area contributed by atoms with Crippen molar-refractivity contribution in [3.8, 4) is 0 Å². The largest absolute Gasteiger partial charge is 0.370 e. The molecular formula is C21H29N5O2. The molecule has 2 fully saturated rings. The number of carbonyl (C=O) groups excluding carboxylic acids is 1. The minimum absolute atomic E-state index is 0.0276. The molecule has 1 aliphatic heterocycles. The van der Waals surface area contributed by atoms with Crippen molar-refractivity contribution in [2.45, 2.75) is 51.9 Å². The number of hydrogen-bond donors (Lipinski definition) is 1. The summed E-state index contributed by atoms with van der Waals surface area (Å²) in [4.78, 5) is 23.2. The fraction of sp³-hybridized carbons (Fsp3) is 0.571. The van der Waals surface area contributed by atoms with Gasteiger partial charge in [-0.3, -0.25) is 4.98 Å². The van der Waals surface area contributed by atoms with Gasteiger partial charge in [0.15, 0.2) is 0 Å². The van der Waals surface area contributed by atoms with Crippen molar-refractivity contribution in [2.24, 2.45) is 5.41 Å². The van der Waals surface area contributed by atoms with Crippen molar-refractivity contribution >= 4 is 6.03 Å². The Bertz CT molecular complexity index is 787. The number of carbonyl (C=O) groups is 1. The summed E-state index contributed by atoms with van der Waals surface area (Å²) in [5, 5.41) is 3.17. The van der Waals surface area contributed by atoms with E-state index in [1.165, 1.54) is 0 Å². The average molecular weight is 383 g/mol. The van der Waals surface area contributed by atoms with Crippen molar-refractivity contribution in [2.75, 3.05) is 19.6 Å². The molecule has 0 bridgehead atoms. The second kappa shape index (κ2) is 8.31. The number of imidazole rings is 1. The first-order valence-electron chi connectivity index (χ1n) is 10.2. The molecule has 1 aliphatic carbocycles. The summed E-state index contributed by atoms with van der Waals surface area (Å²) in [6.45, 7) is 5.60. The highest BCUT2D eigenvalue weighted by molar-refractivity contribution is 5.74. The number of piperidine rings is 1.